The number of piperidine rings is 1. The monoisotopic (exact) mass is 384 g/mol. The Balaban J connectivity index is 1.57. The van der Waals surface area contributed by atoms with Crippen LogP contribution in [0, 0.1) is 5.92 Å². The smallest absolute Gasteiger partial charge is 0.309 e. The lowest BCUT2D eigenvalue weighted by Crippen LogP contribution is -2.45. The third kappa shape index (κ3) is 5.70. The van der Waals surface area contributed by atoms with Crippen molar-refractivity contribution in [1.29, 1.82) is 0 Å². The van der Waals surface area contributed by atoms with Gasteiger partial charge in [0.2, 0.25) is 5.91 Å². The molecule has 1 amide bonds. The normalized spacial score (nSPS) is 15.0. The van der Waals surface area contributed by atoms with Crippen molar-refractivity contribution >= 4 is 11.9 Å². The molecule has 2 aromatic rings. The predicted molar refractivity (Wildman–Crippen MR) is 105 cm³/mol. The van der Waals surface area contributed by atoms with Gasteiger partial charge in [0.25, 0.3) is 0 Å². The van der Waals surface area contributed by atoms with Crippen molar-refractivity contribution in [3.05, 3.63) is 60.1 Å². The van der Waals surface area contributed by atoms with Crippen molar-refractivity contribution in [1.82, 2.24) is 9.80 Å². The molecule has 1 fully saturated rings. The van der Waals surface area contributed by atoms with E-state index in [4.69, 9.17) is 9.15 Å². The van der Waals surface area contributed by atoms with Crippen LogP contribution in [0.25, 0.3) is 0 Å². The minimum absolute atomic E-state index is 0.0878. The first kappa shape index (κ1) is 20.1. The number of hydrogen-bond donors (Lipinski definition) is 0. The Bertz CT molecular complexity index is 737. The lowest BCUT2D eigenvalue weighted by atomic mass is 9.97. The van der Waals surface area contributed by atoms with E-state index in [0.29, 0.717) is 52.2 Å². The molecule has 0 saturated carbocycles. The summed E-state index contributed by atoms with van der Waals surface area (Å²) in [5.41, 5.74) is 1.16. The molecule has 1 aromatic carbocycles. The van der Waals surface area contributed by atoms with E-state index in [9.17, 15) is 9.59 Å². The van der Waals surface area contributed by atoms with E-state index < -0.39 is 0 Å². The number of furan rings is 1. The largest absolute Gasteiger partial charge is 0.468 e. The molecule has 0 N–H and O–H groups in total. The first-order chi connectivity index (χ1) is 13.7. The van der Waals surface area contributed by atoms with Gasteiger partial charge in [-0.15, -0.1) is 0 Å². The molecule has 0 spiro atoms. The molecule has 3 rings (SSSR count). The second-order valence-electron chi connectivity index (χ2n) is 7.12. The molecule has 1 aliphatic heterocycles. The summed E-state index contributed by atoms with van der Waals surface area (Å²) >= 11 is 0. The summed E-state index contributed by atoms with van der Waals surface area (Å²) in [6.07, 6.45) is 2.99. The maximum absolute atomic E-state index is 12.9. The van der Waals surface area contributed by atoms with Gasteiger partial charge in [-0.3, -0.25) is 14.5 Å². The van der Waals surface area contributed by atoms with E-state index in [0.717, 1.165) is 11.3 Å². The highest BCUT2D eigenvalue weighted by atomic mass is 16.5. The molecule has 0 unspecified atom stereocenters. The van der Waals surface area contributed by atoms with Crippen LogP contribution in [-0.4, -0.2) is 47.9 Å². The summed E-state index contributed by atoms with van der Waals surface area (Å²) in [5, 5.41) is 0. The fraction of sp³-hybridized carbons (Fsp3) is 0.455. The minimum atomic E-state index is -0.141. The van der Waals surface area contributed by atoms with Gasteiger partial charge in [0.1, 0.15) is 5.76 Å². The highest BCUT2D eigenvalue weighted by Crippen LogP contribution is 2.19. The Morgan fingerprint density at radius 1 is 1.11 bits per heavy atom. The third-order valence-electron chi connectivity index (χ3n) is 5.04. The number of benzene rings is 1. The molecule has 28 heavy (non-hydrogen) atoms. The Kier molecular flexibility index (Phi) is 7.25. The van der Waals surface area contributed by atoms with Crippen LogP contribution in [0.3, 0.4) is 0 Å². The average molecular weight is 384 g/mol. The Morgan fingerprint density at radius 3 is 2.50 bits per heavy atom. The van der Waals surface area contributed by atoms with E-state index in [-0.39, 0.29) is 17.8 Å². The van der Waals surface area contributed by atoms with Crippen LogP contribution in [0.4, 0.5) is 0 Å². The van der Waals surface area contributed by atoms with E-state index in [2.05, 4.69) is 17.0 Å². The topological polar surface area (TPSA) is 63.0 Å². The number of nitrogens with zero attached hydrogens (tertiary/aromatic N) is 2. The minimum Gasteiger partial charge on any atom is -0.468 e. The lowest BCUT2D eigenvalue weighted by molar-refractivity contribution is -0.151. The second-order valence-corrected chi connectivity index (χ2v) is 7.12. The summed E-state index contributed by atoms with van der Waals surface area (Å²) in [5.74, 6) is 0.695. The quantitative estimate of drug-likeness (QED) is 0.655. The van der Waals surface area contributed by atoms with Crippen LogP contribution < -0.4 is 0 Å². The Labute approximate surface area is 166 Å². The second kappa shape index (κ2) is 10.1. The van der Waals surface area contributed by atoms with Crippen molar-refractivity contribution in [2.45, 2.75) is 32.9 Å². The van der Waals surface area contributed by atoms with Gasteiger partial charge in [0.15, 0.2) is 0 Å². The Hall–Kier alpha value is -2.60. The maximum atomic E-state index is 12.9. The number of ether oxygens (including phenoxy) is 1. The van der Waals surface area contributed by atoms with E-state index in [1.54, 1.807) is 6.26 Å². The van der Waals surface area contributed by atoms with Crippen molar-refractivity contribution in [2.75, 3.05) is 26.2 Å². The molecule has 150 valence electrons. The van der Waals surface area contributed by atoms with E-state index in [1.807, 2.05) is 42.2 Å². The fourth-order valence-corrected chi connectivity index (χ4v) is 3.55. The molecule has 0 atom stereocenters. The zero-order valence-electron chi connectivity index (χ0n) is 16.4. The summed E-state index contributed by atoms with van der Waals surface area (Å²) in [6, 6.07) is 13.9. The van der Waals surface area contributed by atoms with Gasteiger partial charge in [-0.05, 0) is 37.5 Å². The molecule has 0 radical (unpaired) electrons. The van der Waals surface area contributed by atoms with Gasteiger partial charge in [-0.1, -0.05) is 30.3 Å². The van der Waals surface area contributed by atoms with Crippen LogP contribution in [0.5, 0.6) is 0 Å². The fourth-order valence-electron chi connectivity index (χ4n) is 3.55. The van der Waals surface area contributed by atoms with Crippen LogP contribution in [-0.2, 0) is 27.4 Å². The van der Waals surface area contributed by atoms with Gasteiger partial charge in [0, 0.05) is 19.6 Å². The molecule has 6 heteroatoms. The van der Waals surface area contributed by atoms with Gasteiger partial charge >= 0.3 is 5.97 Å². The zero-order chi connectivity index (χ0) is 19.8. The number of hydrogen-bond acceptors (Lipinski definition) is 5. The molecule has 2 heterocycles. The van der Waals surface area contributed by atoms with Crippen LogP contribution >= 0.6 is 0 Å². The average Bonchev–Trinajstić information content (AvgIpc) is 3.22. The molecule has 1 saturated heterocycles. The summed E-state index contributed by atoms with van der Waals surface area (Å²) in [7, 11) is 0. The number of amides is 1. The van der Waals surface area contributed by atoms with E-state index in [1.165, 1.54) is 0 Å². The van der Waals surface area contributed by atoms with Gasteiger partial charge < -0.3 is 14.1 Å². The van der Waals surface area contributed by atoms with E-state index >= 15 is 0 Å². The van der Waals surface area contributed by atoms with Crippen molar-refractivity contribution in [3.8, 4) is 0 Å². The molecule has 0 bridgehead atoms. The first-order valence-electron chi connectivity index (χ1n) is 9.88. The predicted octanol–water partition coefficient (Wildman–Crippen LogP) is 3.08. The summed E-state index contributed by atoms with van der Waals surface area (Å²) < 4.78 is 10.6. The van der Waals surface area contributed by atoms with Crippen LogP contribution in [0.1, 0.15) is 31.1 Å². The van der Waals surface area contributed by atoms with Gasteiger partial charge in [0.05, 0.1) is 31.9 Å². The molecular formula is C22H28N2O4. The number of likely N-dealkylation sites (tertiary alicyclic amines) is 1. The zero-order valence-corrected chi connectivity index (χ0v) is 16.4. The third-order valence-corrected chi connectivity index (χ3v) is 5.04. The van der Waals surface area contributed by atoms with Crippen molar-refractivity contribution in [2.24, 2.45) is 5.92 Å². The standard InChI is InChI=1S/C22H28N2O4/c1-2-27-22(26)19-10-12-24(13-11-19)21(25)17-23(16-20-9-6-14-28-20)15-18-7-4-3-5-8-18/h3-9,14,19H,2,10-13,15-17H2,1H3. The van der Waals surface area contributed by atoms with Gasteiger partial charge in [-0.25, -0.2) is 0 Å². The number of esters is 1. The van der Waals surface area contributed by atoms with Crippen molar-refractivity contribution < 1.29 is 18.7 Å². The molecule has 6 nitrogen and oxygen atoms in total. The molecule has 1 aromatic heterocycles. The van der Waals surface area contributed by atoms with Crippen LogP contribution in [0.15, 0.2) is 53.1 Å². The highest BCUT2D eigenvalue weighted by molar-refractivity contribution is 5.79. The number of rotatable bonds is 8. The molecule has 1 aliphatic rings. The number of carbonyl (C=O) groups is 2. The lowest BCUT2D eigenvalue weighted by Gasteiger charge is -2.32. The molecular weight excluding hydrogens is 356 g/mol. The maximum Gasteiger partial charge on any atom is 0.309 e. The Morgan fingerprint density at radius 2 is 1.86 bits per heavy atom. The SMILES string of the molecule is CCOC(=O)C1CCN(C(=O)CN(Cc2ccccc2)Cc2ccco2)CC1. The summed E-state index contributed by atoms with van der Waals surface area (Å²) in [4.78, 5) is 28.7. The highest BCUT2D eigenvalue weighted by Gasteiger charge is 2.28. The van der Waals surface area contributed by atoms with Crippen molar-refractivity contribution in [3.63, 3.8) is 0 Å². The number of carbonyl (C=O) groups excluding carboxylic acids is 2. The van der Waals surface area contributed by atoms with Crippen LogP contribution in [0.2, 0.25) is 0 Å². The van der Waals surface area contributed by atoms with Gasteiger partial charge in [-0.2, -0.15) is 0 Å². The summed E-state index contributed by atoms with van der Waals surface area (Å²) in [6.45, 7) is 4.99. The molecule has 0 aliphatic carbocycles. The first-order valence-corrected chi connectivity index (χ1v) is 9.88.